The Kier molecular flexibility index (Phi) is 4.59. The summed E-state index contributed by atoms with van der Waals surface area (Å²) in [6.45, 7) is 5.84. The number of urea groups is 1. The second-order valence-electron chi connectivity index (χ2n) is 4.89. The minimum Gasteiger partial charge on any atom is -0.475 e. The van der Waals surface area contributed by atoms with E-state index in [0.717, 1.165) is 13.1 Å². The highest BCUT2D eigenvalue weighted by Crippen LogP contribution is 2.24. The Hall–Kier alpha value is -1.63. The largest absolute Gasteiger partial charge is 0.475 e. The van der Waals surface area contributed by atoms with Gasteiger partial charge < -0.3 is 19.7 Å². The normalized spacial score (nSPS) is 22.6. The van der Waals surface area contributed by atoms with Gasteiger partial charge in [-0.15, -0.1) is 0 Å². The quantitative estimate of drug-likeness (QED) is 0.892. The molecule has 2 atom stereocenters. The fourth-order valence-corrected chi connectivity index (χ4v) is 3.53. The number of carbonyl (C=O) groups is 2. The van der Waals surface area contributed by atoms with Crippen molar-refractivity contribution in [1.82, 2.24) is 10.2 Å². The molecule has 2 rings (SSSR count). The van der Waals surface area contributed by atoms with Crippen molar-refractivity contribution in [2.24, 2.45) is 0 Å². The Morgan fingerprint density at radius 1 is 1.40 bits per heavy atom. The SMILES string of the molecule is CC1CN(C(=O)NCc2ccc(C(=O)O)o2)CC(C)S1. The van der Waals surface area contributed by atoms with Crippen LogP contribution < -0.4 is 5.32 Å². The maximum absolute atomic E-state index is 12.1. The van der Waals surface area contributed by atoms with E-state index in [1.54, 1.807) is 11.0 Å². The molecule has 7 heteroatoms. The summed E-state index contributed by atoms with van der Waals surface area (Å²) in [4.78, 5) is 24.5. The number of carbonyl (C=O) groups excluding carboxylic acids is 1. The average Bonchev–Trinajstić information content (AvgIpc) is 2.83. The molecule has 1 fully saturated rings. The van der Waals surface area contributed by atoms with Gasteiger partial charge in [-0.1, -0.05) is 13.8 Å². The molecule has 2 heterocycles. The van der Waals surface area contributed by atoms with Crippen molar-refractivity contribution in [3.05, 3.63) is 23.7 Å². The van der Waals surface area contributed by atoms with Crippen LogP contribution >= 0.6 is 11.8 Å². The number of hydrogen-bond donors (Lipinski definition) is 2. The summed E-state index contributed by atoms with van der Waals surface area (Å²) in [5, 5.41) is 12.3. The van der Waals surface area contributed by atoms with Gasteiger partial charge in [-0.05, 0) is 12.1 Å². The number of thioether (sulfide) groups is 1. The zero-order valence-corrected chi connectivity index (χ0v) is 12.3. The molecule has 0 bridgehead atoms. The Balaban J connectivity index is 1.86. The molecule has 20 heavy (non-hydrogen) atoms. The van der Waals surface area contributed by atoms with Crippen LogP contribution in [0.5, 0.6) is 0 Å². The van der Waals surface area contributed by atoms with Crippen molar-refractivity contribution >= 4 is 23.8 Å². The molecule has 1 aliphatic heterocycles. The third kappa shape index (κ3) is 3.69. The second-order valence-corrected chi connectivity index (χ2v) is 6.77. The maximum atomic E-state index is 12.1. The Labute approximate surface area is 121 Å². The molecule has 1 saturated heterocycles. The van der Waals surface area contributed by atoms with Gasteiger partial charge in [0.15, 0.2) is 0 Å². The summed E-state index contributed by atoms with van der Waals surface area (Å²) in [6.07, 6.45) is 0. The van der Waals surface area contributed by atoms with Gasteiger partial charge in [0.25, 0.3) is 0 Å². The summed E-state index contributed by atoms with van der Waals surface area (Å²) in [7, 11) is 0. The summed E-state index contributed by atoms with van der Waals surface area (Å²) < 4.78 is 5.09. The van der Waals surface area contributed by atoms with Gasteiger partial charge in [0.05, 0.1) is 6.54 Å². The molecule has 2 unspecified atom stereocenters. The Morgan fingerprint density at radius 2 is 2.05 bits per heavy atom. The van der Waals surface area contributed by atoms with E-state index < -0.39 is 5.97 Å². The first-order chi connectivity index (χ1) is 9.45. The van der Waals surface area contributed by atoms with E-state index in [2.05, 4.69) is 19.2 Å². The topological polar surface area (TPSA) is 82.8 Å². The number of aromatic carboxylic acids is 1. The third-order valence-electron chi connectivity index (χ3n) is 2.99. The van der Waals surface area contributed by atoms with Gasteiger partial charge in [-0.3, -0.25) is 0 Å². The fourth-order valence-electron chi connectivity index (χ4n) is 2.21. The zero-order chi connectivity index (χ0) is 14.7. The average molecular weight is 298 g/mol. The molecule has 1 aromatic heterocycles. The number of nitrogens with one attached hydrogen (secondary N) is 1. The predicted octanol–water partition coefficient (Wildman–Crippen LogP) is 2.01. The van der Waals surface area contributed by atoms with E-state index in [1.807, 2.05) is 11.8 Å². The number of carboxylic acids is 1. The van der Waals surface area contributed by atoms with E-state index in [-0.39, 0.29) is 18.3 Å². The highest BCUT2D eigenvalue weighted by molar-refractivity contribution is 8.00. The molecular weight excluding hydrogens is 280 g/mol. The van der Waals surface area contributed by atoms with Crippen LogP contribution in [0.1, 0.15) is 30.2 Å². The Bertz CT molecular complexity index is 492. The smallest absolute Gasteiger partial charge is 0.371 e. The van der Waals surface area contributed by atoms with Gasteiger partial charge in [-0.2, -0.15) is 11.8 Å². The third-order valence-corrected chi connectivity index (χ3v) is 4.22. The monoisotopic (exact) mass is 298 g/mol. The molecule has 0 spiro atoms. The van der Waals surface area contributed by atoms with E-state index >= 15 is 0 Å². The molecule has 2 N–H and O–H groups in total. The van der Waals surface area contributed by atoms with Crippen LogP contribution in [0.2, 0.25) is 0 Å². The van der Waals surface area contributed by atoms with Crippen LogP contribution in [-0.2, 0) is 6.54 Å². The molecule has 110 valence electrons. The first-order valence-corrected chi connectivity index (χ1v) is 7.40. The van der Waals surface area contributed by atoms with Crippen molar-refractivity contribution in [2.45, 2.75) is 30.9 Å². The van der Waals surface area contributed by atoms with Gasteiger partial charge in [0.2, 0.25) is 5.76 Å². The highest BCUT2D eigenvalue weighted by Gasteiger charge is 2.25. The molecule has 1 aliphatic rings. The van der Waals surface area contributed by atoms with Crippen LogP contribution in [0.25, 0.3) is 0 Å². The van der Waals surface area contributed by atoms with Crippen LogP contribution in [0.3, 0.4) is 0 Å². The lowest BCUT2D eigenvalue weighted by molar-refractivity contribution is 0.0660. The van der Waals surface area contributed by atoms with Gasteiger partial charge >= 0.3 is 12.0 Å². The Morgan fingerprint density at radius 3 is 2.60 bits per heavy atom. The van der Waals surface area contributed by atoms with Crippen LogP contribution in [-0.4, -0.2) is 45.6 Å². The van der Waals surface area contributed by atoms with Crippen molar-refractivity contribution in [3.63, 3.8) is 0 Å². The molecular formula is C13H18N2O4S. The molecule has 2 amide bonds. The fraction of sp³-hybridized carbons (Fsp3) is 0.538. The lowest BCUT2D eigenvalue weighted by atomic mass is 10.3. The molecule has 0 aromatic carbocycles. The van der Waals surface area contributed by atoms with Crippen LogP contribution in [0, 0.1) is 0 Å². The minimum atomic E-state index is -1.11. The van der Waals surface area contributed by atoms with Crippen molar-refractivity contribution in [2.75, 3.05) is 13.1 Å². The van der Waals surface area contributed by atoms with Crippen molar-refractivity contribution in [3.8, 4) is 0 Å². The number of nitrogens with zero attached hydrogens (tertiary/aromatic N) is 1. The van der Waals surface area contributed by atoms with Crippen LogP contribution in [0.15, 0.2) is 16.5 Å². The van der Waals surface area contributed by atoms with E-state index in [1.165, 1.54) is 6.07 Å². The molecule has 1 aromatic rings. The number of carboxylic acid groups (broad SMARTS) is 1. The van der Waals surface area contributed by atoms with E-state index in [0.29, 0.717) is 16.3 Å². The standard InChI is InChI=1S/C13H18N2O4S/c1-8-6-15(7-9(2)20-8)13(18)14-5-10-3-4-11(19-10)12(16)17/h3-4,8-9H,5-7H2,1-2H3,(H,14,18)(H,16,17). The van der Waals surface area contributed by atoms with Crippen LogP contribution in [0.4, 0.5) is 4.79 Å². The van der Waals surface area contributed by atoms with Crippen molar-refractivity contribution in [1.29, 1.82) is 0 Å². The predicted molar refractivity (Wildman–Crippen MR) is 76.0 cm³/mol. The minimum absolute atomic E-state index is 0.120. The molecule has 6 nitrogen and oxygen atoms in total. The summed E-state index contributed by atoms with van der Waals surface area (Å²) in [5.74, 6) is -0.799. The second kappa shape index (κ2) is 6.21. The summed E-state index contributed by atoms with van der Waals surface area (Å²) >= 11 is 1.88. The first kappa shape index (κ1) is 14.8. The van der Waals surface area contributed by atoms with Gasteiger partial charge in [-0.25, -0.2) is 9.59 Å². The number of amides is 2. The summed E-state index contributed by atoms with van der Waals surface area (Å²) in [5.41, 5.74) is 0. The van der Waals surface area contributed by atoms with E-state index in [4.69, 9.17) is 9.52 Å². The van der Waals surface area contributed by atoms with Gasteiger partial charge in [0.1, 0.15) is 5.76 Å². The van der Waals surface area contributed by atoms with E-state index in [9.17, 15) is 9.59 Å². The lowest BCUT2D eigenvalue weighted by Gasteiger charge is -2.34. The number of furan rings is 1. The highest BCUT2D eigenvalue weighted by atomic mass is 32.2. The molecule has 0 radical (unpaired) electrons. The number of rotatable bonds is 3. The van der Waals surface area contributed by atoms with Gasteiger partial charge in [0, 0.05) is 23.6 Å². The van der Waals surface area contributed by atoms with Crippen molar-refractivity contribution < 1.29 is 19.1 Å². The lowest BCUT2D eigenvalue weighted by Crippen LogP contribution is -2.48. The maximum Gasteiger partial charge on any atom is 0.371 e. The first-order valence-electron chi connectivity index (χ1n) is 6.46. The molecule has 0 saturated carbocycles. The zero-order valence-electron chi connectivity index (χ0n) is 11.5. The number of hydrogen-bond acceptors (Lipinski definition) is 4. The molecule has 0 aliphatic carbocycles. The summed E-state index contributed by atoms with van der Waals surface area (Å²) in [6, 6.07) is 2.80.